The quantitative estimate of drug-likeness (QED) is 0.0388. The van der Waals surface area contributed by atoms with E-state index in [-0.39, 0.29) is 25.7 Å². The molecular weight excluding hydrogens is 673 g/mol. The number of carbonyl (C=O) groups is 2. The van der Waals surface area contributed by atoms with Crippen LogP contribution in [0.4, 0.5) is 4.79 Å². The van der Waals surface area contributed by atoms with E-state index in [4.69, 9.17) is 28.0 Å². The second-order valence-corrected chi connectivity index (χ2v) is 13.8. The molecule has 0 bridgehead atoms. The van der Waals surface area contributed by atoms with Gasteiger partial charge in [0.05, 0.1) is 12.0 Å². The molecule has 286 valence electrons. The Bertz CT molecular complexity index is 1270. The van der Waals surface area contributed by atoms with E-state index >= 15 is 0 Å². The molecule has 12 nitrogen and oxygen atoms in total. The maximum atomic E-state index is 12.8. The van der Waals surface area contributed by atoms with Crippen LogP contribution in [-0.2, 0) is 27.2 Å². The van der Waals surface area contributed by atoms with E-state index in [0.717, 1.165) is 50.8 Å². The molecule has 0 aliphatic heterocycles. The zero-order valence-electron chi connectivity index (χ0n) is 30.9. The molecule has 0 aliphatic rings. The summed E-state index contributed by atoms with van der Waals surface area (Å²) in [6.07, 6.45) is 24.2. The lowest BCUT2D eigenvalue weighted by Crippen LogP contribution is -2.43. The number of ether oxygens (including phenoxy) is 4. The molecule has 13 heteroatoms. The lowest BCUT2D eigenvalue weighted by Gasteiger charge is -2.20. The highest BCUT2D eigenvalue weighted by Gasteiger charge is 2.24. The molecule has 3 aromatic rings. The number of alkyl carbamates (subject to hydrolysis) is 1. The summed E-state index contributed by atoms with van der Waals surface area (Å²) >= 11 is 1.65. The topological polar surface area (TPSA) is 139 Å². The molecule has 0 aliphatic carbocycles. The normalized spacial score (nSPS) is 12.4. The minimum Gasteiger partial charge on any atom is -0.471 e. The van der Waals surface area contributed by atoms with E-state index in [1.165, 1.54) is 83.3 Å². The Balaban J connectivity index is 1.32. The van der Waals surface area contributed by atoms with Crippen molar-refractivity contribution in [3.05, 3.63) is 41.2 Å². The maximum absolute atomic E-state index is 12.8. The minimum absolute atomic E-state index is 0.00835. The third kappa shape index (κ3) is 19.5. The maximum Gasteiger partial charge on any atom is 0.407 e. The smallest absolute Gasteiger partial charge is 0.407 e. The van der Waals surface area contributed by atoms with Crippen LogP contribution in [0, 0.1) is 0 Å². The van der Waals surface area contributed by atoms with Gasteiger partial charge in [0.25, 0.3) is 11.8 Å². The number of thiazole rings is 1. The summed E-state index contributed by atoms with van der Waals surface area (Å²) in [5.74, 6) is 0.824. The van der Waals surface area contributed by atoms with Crippen molar-refractivity contribution in [2.45, 2.75) is 155 Å². The third-order valence-electron chi connectivity index (χ3n) is 8.63. The third-order valence-corrected chi connectivity index (χ3v) is 9.30. The molecule has 0 radical (unpaired) electrons. The molecular formula is C38H61N4O8S+. The van der Waals surface area contributed by atoms with Gasteiger partial charge in [-0.1, -0.05) is 108 Å². The van der Waals surface area contributed by atoms with Crippen LogP contribution in [0.3, 0.4) is 0 Å². The van der Waals surface area contributed by atoms with Gasteiger partial charge >= 0.3 is 12.1 Å². The predicted molar refractivity (Wildman–Crippen MR) is 195 cm³/mol. The monoisotopic (exact) mass is 733 g/mol. The van der Waals surface area contributed by atoms with E-state index < -0.39 is 24.2 Å². The first-order valence-electron chi connectivity index (χ1n) is 19.2. The second-order valence-electron chi connectivity index (χ2n) is 13.0. The van der Waals surface area contributed by atoms with Crippen LogP contribution in [0.25, 0.3) is 0 Å². The number of hydrogen-bond donors (Lipinski definition) is 1. The average molecular weight is 734 g/mol. The Morgan fingerprint density at radius 3 is 2.20 bits per heavy atom. The van der Waals surface area contributed by atoms with Gasteiger partial charge in [-0.3, -0.25) is 0 Å². The van der Waals surface area contributed by atoms with Crippen molar-refractivity contribution < 1.29 is 42.1 Å². The Morgan fingerprint density at radius 2 is 1.55 bits per heavy atom. The summed E-state index contributed by atoms with van der Waals surface area (Å²) in [5, 5.41) is 12.5. The molecule has 0 spiro atoms. The average Bonchev–Trinajstić information content (AvgIpc) is 3.93. The van der Waals surface area contributed by atoms with Crippen molar-refractivity contribution in [2.24, 2.45) is 0 Å². The molecule has 51 heavy (non-hydrogen) atoms. The predicted octanol–water partition coefficient (Wildman–Crippen LogP) is 8.78. The zero-order chi connectivity index (χ0) is 36.2. The Hall–Kier alpha value is -3.61. The van der Waals surface area contributed by atoms with Gasteiger partial charge in [0.1, 0.15) is 37.8 Å². The highest BCUT2D eigenvalue weighted by molar-refractivity contribution is 7.07. The summed E-state index contributed by atoms with van der Waals surface area (Å²) in [6.45, 7) is 4.96. The van der Waals surface area contributed by atoms with Gasteiger partial charge < -0.3 is 33.3 Å². The lowest BCUT2D eigenvalue weighted by molar-refractivity contribution is -0.692. The highest BCUT2D eigenvalue weighted by atomic mass is 32.1. The summed E-state index contributed by atoms with van der Waals surface area (Å²) in [7, 11) is 0. The first-order chi connectivity index (χ1) is 25.1. The van der Waals surface area contributed by atoms with Crippen LogP contribution in [0.15, 0.2) is 44.5 Å². The molecule has 0 saturated carbocycles. The van der Waals surface area contributed by atoms with Gasteiger partial charge in [0.2, 0.25) is 5.51 Å². The Morgan fingerprint density at radius 1 is 0.843 bits per heavy atom. The SMILES string of the molecule is CCCCCCCCCCCCCCCCc1cc(OCC(COC(=O)NC(CCCCC[n+]2ccsc2)C(=O)OCC)Oc2ccon2)no1. The van der Waals surface area contributed by atoms with Gasteiger partial charge in [0, 0.05) is 25.0 Å². The number of nitrogens with one attached hydrogen (secondary N) is 1. The van der Waals surface area contributed by atoms with Crippen LogP contribution in [0.2, 0.25) is 0 Å². The van der Waals surface area contributed by atoms with E-state index in [2.05, 4.69) is 32.6 Å². The summed E-state index contributed by atoms with van der Waals surface area (Å²) < 4.78 is 34.8. The fourth-order valence-electron chi connectivity index (χ4n) is 5.75. The van der Waals surface area contributed by atoms with Crippen LogP contribution in [0.5, 0.6) is 11.8 Å². The van der Waals surface area contributed by atoms with E-state index in [9.17, 15) is 9.59 Å². The molecule has 0 fully saturated rings. The molecule has 2 atom stereocenters. The Labute approximate surface area is 307 Å². The number of unbranched alkanes of at least 4 members (excludes halogenated alkanes) is 15. The Kier molecular flexibility index (Phi) is 22.2. The summed E-state index contributed by atoms with van der Waals surface area (Å²) in [6, 6.07) is 2.52. The molecule has 0 aromatic carbocycles. The number of aryl methyl sites for hydroxylation is 2. The van der Waals surface area contributed by atoms with Crippen LogP contribution >= 0.6 is 11.3 Å². The summed E-state index contributed by atoms with van der Waals surface area (Å²) in [5.41, 5.74) is 2.06. The van der Waals surface area contributed by atoms with E-state index in [1.54, 1.807) is 30.4 Å². The van der Waals surface area contributed by atoms with Crippen molar-refractivity contribution in [1.82, 2.24) is 15.6 Å². The number of amides is 1. The van der Waals surface area contributed by atoms with Crippen molar-refractivity contribution in [3.63, 3.8) is 0 Å². The number of esters is 1. The molecule has 2 unspecified atom stereocenters. The molecule has 1 amide bonds. The standard InChI is InChI=1S/C38H60N4O8S/c1-3-5-6-7-8-9-10-11-12-13-14-15-16-18-21-32-28-36(41-50-32)46-29-33(49-35-23-26-48-40-35)30-47-38(44)39-34(37(43)45-4-2)22-19-17-20-24-42-25-27-51-31-42/h23,25-28,31,33-34H,3-22,24,29-30H2,1-2H3/p+1. The number of nitrogens with zero attached hydrogens (tertiary/aromatic N) is 3. The fourth-order valence-corrected chi connectivity index (χ4v) is 6.38. The number of hydrogen-bond acceptors (Lipinski definition) is 11. The largest absolute Gasteiger partial charge is 0.471 e. The number of rotatable bonds is 31. The van der Waals surface area contributed by atoms with E-state index in [1.807, 2.05) is 11.6 Å². The van der Waals surface area contributed by atoms with Crippen LogP contribution < -0.4 is 19.4 Å². The second kappa shape index (κ2) is 27.1. The molecule has 3 aromatic heterocycles. The van der Waals surface area contributed by atoms with Gasteiger partial charge in [-0.25, -0.2) is 9.59 Å². The van der Waals surface area contributed by atoms with Crippen molar-refractivity contribution in [2.75, 3.05) is 19.8 Å². The van der Waals surface area contributed by atoms with Crippen molar-refractivity contribution in [1.29, 1.82) is 0 Å². The number of aromatic nitrogens is 3. The van der Waals surface area contributed by atoms with Crippen molar-refractivity contribution >= 4 is 23.4 Å². The first kappa shape index (κ1) is 41.8. The van der Waals surface area contributed by atoms with Crippen LogP contribution in [-0.4, -0.2) is 54.3 Å². The van der Waals surface area contributed by atoms with Gasteiger partial charge in [-0.2, -0.15) is 4.57 Å². The highest BCUT2D eigenvalue weighted by Crippen LogP contribution is 2.18. The molecule has 3 rings (SSSR count). The zero-order valence-corrected chi connectivity index (χ0v) is 31.7. The van der Waals surface area contributed by atoms with Gasteiger partial charge in [-0.05, 0) is 36.5 Å². The van der Waals surface area contributed by atoms with Crippen molar-refractivity contribution in [3.8, 4) is 11.8 Å². The van der Waals surface area contributed by atoms with Gasteiger partial charge in [0.15, 0.2) is 12.3 Å². The lowest BCUT2D eigenvalue weighted by atomic mass is 10.0. The number of carbonyl (C=O) groups excluding carboxylic acids is 2. The molecule has 3 heterocycles. The van der Waals surface area contributed by atoms with Gasteiger partial charge in [-0.15, -0.1) is 0 Å². The van der Waals surface area contributed by atoms with E-state index in [0.29, 0.717) is 12.3 Å². The molecule has 0 saturated heterocycles. The molecule has 1 N–H and O–H groups in total. The fraction of sp³-hybridized carbons (Fsp3) is 0.711. The summed E-state index contributed by atoms with van der Waals surface area (Å²) in [4.78, 5) is 25.3. The minimum atomic E-state index is -0.814. The van der Waals surface area contributed by atoms with Crippen LogP contribution in [0.1, 0.15) is 135 Å². The first-order valence-corrected chi connectivity index (χ1v) is 20.2.